The minimum atomic E-state index is -0.890. The van der Waals surface area contributed by atoms with Crippen molar-refractivity contribution in [3.8, 4) is 11.5 Å². The number of halogens is 1. The summed E-state index contributed by atoms with van der Waals surface area (Å²) in [6.07, 6.45) is 0. The number of methoxy groups -OCH3 is 1. The zero-order chi connectivity index (χ0) is 26.9. The molecule has 1 aliphatic heterocycles. The Morgan fingerprint density at radius 1 is 1.03 bits per heavy atom. The van der Waals surface area contributed by atoms with Crippen LogP contribution in [0.4, 0.5) is 5.69 Å². The number of carbonyl (C=O) groups is 2. The van der Waals surface area contributed by atoms with Gasteiger partial charge in [0.1, 0.15) is 17.3 Å². The number of anilines is 1. The quantitative estimate of drug-likeness (QED) is 0.223. The smallest absolute Gasteiger partial charge is 0.300 e. The van der Waals surface area contributed by atoms with Crippen molar-refractivity contribution >= 4 is 34.7 Å². The molecule has 0 spiro atoms. The number of nitrogens with zero attached hydrogens (tertiary/aromatic N) is 1. The summed E-state index contributed by atoms with van der Waals surface area (Å²) < 4.78 is 11.2. The third-order valence-electron chi connectivity index (χ3n) is 6.30. The first-order valence-corrected chi connectivity index (χ1v) is 12.4. The topological polar surface area (TPSA) is 76.1 Å². The first-order valence-electron chi connectivity index (χ1n) is 12.0. The van der Waals surface area contributed by atoms with Crippen LogP contribution in [-0.4, -0.2) is 30.5 Å². The van der Waals surface area contributed by atoms with Crippen molar-refractivity contribution in [1.82, 2.24) is 0 Å². The van der Waals surface area contributed by atoms with Gasteiger partial charge in [0, 0.05) is 21.8 Å². The second-order valence-corrected chi connectivity index (χ2v) is 10.3. The maximum Gasteiger partial charge on any atom is 0.300 e. The summed E-state index contributed by atoms with van der Waals surface area (Å²) in [6, 6.07) is 18.3. The molecule has 3 aromatic carbocycles. The molecule has 1 N–H and O–H groups in total. The molecule has 1 atom stereocenters. The molecule has 1 fully saturated rings. The highest BCUT2D eigenvalue weighted by atomic mass is 35.5. The van der Waals surface area contributed by atoms with Gasteiger partial charge >= 0.3 is 0 Å². The Balaban J connectivity index is 1.97. The van der Waals surface area contributed by atoms with Crippen LogP contribution in [0.15, 0.2) is 72.3 Å². The van der Waals surface area contributed by atoms with E-state index in [0.717, 1.165) is 5.56 Å². The highest BCUT2D eigenvalue weighted by Crippen LogP contribution is 2.44. The van der Waals surface area contributed by atoms with Crippen molar-refractivity contribution in [2.24, 2.45) is 0 Å². The molecule has 4 rings (SSSR count). The summed E-state index contributed by atoms with van der Waals surface area (Å²) in [4.78, 5) is 28.3. The molecule has 0 saturated carbocycles. The second-order valence-electron chi connectivity index (χ2n) is 9.82. The Morgan fingerprint density at radius 3 is 2.41 bits per heavy atom. The Labute approximate surface area is 222 Å². The van der Waals surface area contributed by atoms with Crippen LogP contribution in [0.5, 0.6) is 11.5 Å². The van der Waals surface area contributed by atoms with Gasteiger partial charge in [-0.05, 0) is 66.4 Å². The van der Waals surface area contributed by atoms with Crippen molar-refractivity contribution in [2.45, 2.75) is 39.2 Å². The largest absolute Gasteiger partial charge is 0.507 e. The van der Waals surface area contributed by atoms with Gasteiger partial charge in [-0.3, -0.25) is 14.5 Å². The number of benzene rings is 3. The summed E-state index contributed by atoms with van der Waals surface area (Å²) in [5.41, 5.74) is 2.05. The van der Waals surface area contributed by atoms with E-state index >= 15 is 0 Å². The first-order chi connectivity index (χ1) is 17.6. The number of ketones is 1. The van der Waals surface area contributed by atoms with E-state index in [1.165, 1.54) is 4.90 Å². The predicted molar refractivity (Wildman–Crippen MR) is 146 cm³/mol. The number of hydrogen-bond acceptors (Lipinski definition) is 5. The number of carbonyl (C=O) groups excluding carboxylic acids is 2. The van der Waals surface area contributed by atoms with E-state index in [0.29, 0.717) is 39.9 Å². The number of aliphatic hydroxyl groups excluding tert-OH is 1. The van der Waals surface area contributed by atoms with Gasteiger partial charge in [0.2, 0.25) is 0 Å². The lowest BCUT2D eigenvalue weighted by Gasteiger charge is -2.26. The SMILES string of the molecule is CCOc1cccc(C2/C(=C(\O)c3ccc(OC)c(C(C)(C)C)c3)C(=O)C(=O)N2c2cccc(Cl)c2)c1. The van der Waals surface area contributed by atoms with Crippen LogP contribution in [-0.2, 0) is 15.0 Å². The Kier molecular flexibility index (Phi) is 7.32. The van der Waals surface area contributed by atoms with E-state index in [4.69, 9.17) is 21.1 Å². The summed E-state index contributed by atoms with van der Waals surface area (Å²) in [6.45, 7) is 8.44. The van der Waals surface area contributed by atoms with E-state index in [2.05, 4.69) is 0 Å². The second kappa shape index (κ2) is 10.3. The van der Waals surface area contributed by atoms with Gasteiger partial charge in [0.15, 0.2) is 0 Å². The van der Waals surface area contributed by atoms with Gasteiger partial charge in [0.25, 0.3) is 11.7 Å². The number of aliphatic hydroxyl groups is 1. The minimum Gasteiger partial charge on any atom is -0.507 e. The van der Waals surface area contributed by atoms with Crippen molar-refractivity contribution in [3.63, 3.8) is 0 Å². The minimum absolute atomic E-state index is 0.0105. The van der Waals surface area contributed by atoms with Crippen LogP contribution in [0.2, 0.25) is 5.02 Å². The predicted octanol–water partition coefficient (Wildman–Crippen LogP) is 6.67. The fourth-order valence-corrected chi connectivity index (χ4v) is 4.76. The number of hydrogen-bond donors (Lipinski definition) is 1. The molecule has 1 aliphatic rings. The number of ether oxygens (including phenoxy) is 2. The maximum absolute atomic E-state index is 13.5. The average Bonchev–Trinajstić information content (AvgIpc) is 3.13. The maximum atomic E-state index is 13.5. The summed E-state index contributed by atoms with van der Waals surface area (Å²) >= 11 is 6.23. The van der Waals surface area contributed by atoms with Gasteiger partial charge in [-0.25, -0.2) is 0 Å². The summed E-state index contributed by atoms with van der Waals surface area (Å²) in [5, 5.41) is 12.0. The van der Waals surface area contributed by atoms with Gasteiger partial charge in [0.05, 0.1) is 25.3 Å². The zero-order valence-corrected chi connectivity index (χ0v) is 22.3. The van der Waals surface area contributed by atoms with Crippen LogP contribution in [0.3, 0.4) is 0 Å². The fourth-order valence-electron chi connectivity index (χ4n) is 4.58. The molecule has 37 heavy (non-hydrogen) atoms. The zero-order valence-electron chi connectivity index (χ0n) is 21.5. The van der Waals surface area contributed by atoms with Crippen LogP contribution in [0.1, 0.15) is 50.4 Å². The molecule has 0 aliphatic carbocycles. The van der Waals surface area contributed by atoms with E-state index in [1.807, 2.05) is 27.7 Å². The molecule has 192 valence electrons. The van der Waals surface area contributed by atoms with E-state index < -0.39 is 17.7 Å². The lowest BCUT2D eigenvalue weighted by atomic mass is 9.84. The van der Waals surface area contributed by atoms with Crippen LogP contribution in [0, 0.1) is 0 Å². The third-order valence-corrected chi connectivity index (χ3v) is 6.53. The van der Waals surface area contributed by atoms with Gasteiger partial charge < -0.3 is 14.6 Å². The summed E-state index contributed by atoms with van der Waals surface area (Å²) in [7, 11) is 1.59. The van der Waals surface area contributed by atoms with Crippen molar-refractivity contribution in [1.29, 1.82) is 0 Å². The molecule has 1 unspecified atom stereocenters. The normalized spacial score (nSPS) is 17.2. The lowest BCUT2D eigenvalue weighted by molar-refractivity contribution is -0.132. The standard InChI is InChI=1S/C30H30ClNO5/c1-6-37-22-12-7-9-18(15-22)26-25(28(34)29(35)32(26)21-11-8-10-20(31)17-21)27(33)19-13-14-24(36-5)23(16-19)30(2,3)4/h7-17,26,33H,6H2,1-5H3/b27-25+. The Bertz CT molecular complexity index is 1390. The number of rotatable bonds is 6. The molecular weight excluding hydrogens is 490 g/mol. The highest BCUT2D eigenvalue weighted by molar-refractivity contribution is 6.51. The Hall–Kier alpha value is -3.77. The van der Waals surface area contributed by atoms with Crippen molar-refractivity contribution < 1.29 is 24.2 Å². The monoisotopic (exact) mass is 519 g/mol. The van der Waals surface area contributed by atoms with Gasteiger partial charge in [-0.2, -0.15) is 0 Å². The van der Waals surface area contributed by atoms with Crippen LogP contribution >= 0.6 is 11.6 Å². The molecular formula is C30H30ClNO5. The molecule has 3 aromatic rings. The molecule has 0 bridgehead atoms. The average molecular weight is 520 g/mol. The summed E-state index contributed by atoms with van der Waals surface area (Å²) in [5.74, 6) is -0.527. The lowest BCUT2D eigenvalue weighted by Crippen LogP contribution is -2.29. The number of amides is 1. The van der Waals surface area contributed by atoms with Crippen LogP contribution < -0.4 is 14.4 Å². The number of Topliss-reactive ketones (excluding diaryl/α,β-unsaturated/α-hetero) is 1. The molecule has 6 nitrogen and oxygen atoms in total. The van der Waals surface area contributed by atoms with E-state index in [-0.39, 0.29) is 16.7 Å². The molecule has 0 aromatic heterocycles. The van der Waals surface area contributed by atoms with Crippen LogP contribution in [0.25, 0.3) is 5.76 Å². The molecule has 0 radical (unpaired) electrons. The van der Waals surface area contributed by atoms with Crippen molar-refractivity contribution in [3.05, 3.63) is 94.0 Å². The molecule has 1 amide bonds. The van der Waals surface area contributed by atoms with Gasteiger partial charge in [-0.15, -0.1) is 0 Å². The first kappa shape index (κ1) is 26.3. The molecule has 1 heterocycles. The van der Waals surface area contributed by atoms with Gasteiger partial charge in [-0.1, -0.05) is 50.6 Å². The fraction of sp³-hybridized carbons (Fsp3) is 0.267. The molecule has 7 heteroatoms. The van der Waals surface area contributed by atoms with E-state index in [9.17, 15) is 14.7 Å². The molecule has 1 saturated heterocycles. The van der Waals surface area contributed by atoms with E-state index in [1.54, 1.807) is 73.8 Å². The van der Waals surface area contributed by atoms with Crippen molar-refractivity contribution in [2.75, 3.05) is 18.6 Å². The Morgan fingerprint density at radius 2 is 1.76 bits per heavy atom. The highest BCUT2D eigenvalue weighted by Gasteiger charge is 2.47. The third kappa shape index (κ3) is 5.07.